The molecule has 7 nitrogen and oxygen atoms in total. The van der Waals surface area contributed by atoms with Gasteiger partial charge in [0.1, 0.15) is 5.82 Å². The summed E-state index contributed by atoms with van der Waals surface area (Å²) in [7, 11) is 0. The third-order valence-electron chi connectivity index (χ3n) is 2.22. The largest absolute Gasteiger partial charge is 0.409 e. The molecule has 7 heteroatoms. The first-order valence-electron chi connectivity index (χ1n) is 5.13. The van der Waals surface area contributed by atoms with Gasteiger partial charge in [0.15, 0.2) is 5.84 Å². The van der Waals surface area contributed by atoms with E-state index in [-0.39, 0.29) is 19.0 Å². The molecule has 1 heterocycles. The Kier molecular flexibility index (Phi) is 5.18. The molecule has 0 aliphatic heterocycles. The van der Waals surface area contributed by atoms with Gasteiger partial charge in [-0.2, -0.15) is 0 Å². The lowest BCUT2D eigenvalue weighted by Gasteiger charge is -2.21. The fraction of sp³-hybridized carbons (Fsp3) is 0.400. The molecular weight excluding hydrogens is 224 g/mol. The van der Waals surface area contributed by atoms with E-state index in [4.69, 9.17) is 21.2 Å². The molecule has 0 aliphatic rings. The van der Waals surface area contributed by atoms with Crippen molar-refractivity contribution in [3.05, 3.63) is 23.9 Å². The number of hydrogen-bond donors (Lipinski definition) is 4. The summed E-state index contributed by atoms with van der Waals surface area (Å²) in [6, 6.07) is 3.33. The van der Waals surface area contributed by atoms with Gasteiger partial charge in [-0.25, -0.2) is 4.98 Å². The highest BCUT2D eigenvalue weighted by Gasteiger charge is 2.07. The van der Waals surface area contributed by atoms with Crippen molar-refractivity contribution >= 4 is 11.7 Å². The van der Waals surface area contributed by atoms with Crippen LogP contribution in [0, 0.1) is 0 Å². The molecule has 94 valence electrons. The van der Waals surface area contributed by atoms with Crippen molar-refractivity contribution in [2.75, 3.05) is 31.2 Å². The van der Waals surface area contributed by atoms with Crippen molar-refractivity contribution < 1.29 is 15.4 Å². The maximum absolute atomic E-state index is 8.88. The van der Waals surface area contributed by atoms with Gasteiger partial charge in [-0.1, -0.05) is 5.16 Å². The van der Waals surface area contributed by atoms with Crippen molar-refractivity contribution in [3.8, 4) is 0 Å². The predicted octanol–water partition coefficient (Wildman–Crippen LogP) is -1.03. The lowest BCUT2D eigenvalue weighted by atomic mass is 10.2. The lowest BCUT2D eigenvalue weighted by Crippen LogP contribution is -2.30. The number of aliphatic hydroxyl groups excluding tert-OH is 2. The van der Waals surface area contributed by atoms with Crippen molar-refractivity contribution in [2.45, 2.75) is 0 Å². The van der Waals surface area contributed by atoms with Gasteiger partial charge in [-0.05, 0) is 12.1 Å². The van der Waals surface area contributed by atoms with E-state index in [1.807, 2.05) is 0 Å². The summed E-state index contributed by atoms with van der Waals surface area (Å²) >= 11 is 0. The van der Waals surface area contributed by atoms with Crippen molar-refractivity contribution in [3.63, 3.8) is 0 Å². The number of aromatic nitrogens is 1. The number of nitrogens with two attached hydrogens (primary N) is 1. The molecule has 1 rings (SSSR count). The number of rotatable bonds is 6. The maximum atomic E-state index is 8.88. The minimum Gasteiger partial charge on any atom is -0.409 e. The number of anilines is 1. The van der Waals surface area contributed by atoms with Gasteiger partial charge in [-0.3, -0.25) is 0 Å². The van der Waals surface area contributed by atoms with E-state index in [2.05, 4.69) is 10.1 Å². The Morgan fingerprint density at radius 3 is 2.35 bits per heavy atom. The molecule has 1 aromatic rings. The van der Waals surface area contributed by atoms with Crippen molar-refractivity contribution in [1.29, 1.82) is 0 Å². The van der Waals surface area contributed by atoms with Gasteiger partial charge in [0.05, 0.1) is 13.2 Å². The summed E-state index contributed by atoms with van der Waals surface area (Å²) in [5.41, 5.74) is 5.91. The molecule has 0 saturated heterocycles. The zero-order valence-electron chi connectivity index (χ0n) is 9.32. The van der Waals surface area contributed by atoms with Gasteiger partial charge >= 0.3 is 0 Å². The molecular formula is C10H16N4O3. The Balaban J connectivity index is 2.83. The molecule has 0 fully saturated rings. The minimum absolute atomic E-state index is 0.0140. The zero-order chi connectivity index (χ0) is 12.7. The molecule has 0 unspecified atom stereocenters. The van der Waals surface area contributed by atoms with E-state index in [1.54, 1.807) is 17.0 Å². The summed E-state index contributed by atoms with van der Waals surface area (Å²) in [4.78, 5) is 5.85. The molecule has 0 aromatic carbocycles. The predicted molar refractivity (Wildman–Crippen MR) is 63.1 cm³/mol. The Morgan fingerprint density at radius 1 is 1.29 bits per heavy atom. The van der Waals surface area contributed by atoms with Crippen LogP contribution in [0.1, 0.15) is 5.56 Å². The smallest absolute Gasteiger partial charge is 0.171 e. The number of aliphatic hydroxyl groups is 2. The number of amidine groups is 1. The molecule has 0 amide bonds. The molecule has 0 atom stereocenters. The Morgan fingerprint density at radius 2 is 1.94 bits per heavy atom. The van der Waals surface area contributed by atoms with E-state index in [0.717, 1.165) is 0 Å². The summed E-state index contributed by atoms with van der Waals surface area (Å²) in [6.45, 7) is 0.723. The number of pyridine rings is 1. The second-order valence-electron chi connectivity index (χ2n) is 3.32. The van der Waals surface area contributed by atoms with Crippen LogP contribution in [-0.4, -0.2) is 52.5 Å². The number of nitrogens with zero attached hydrogens (tertiary/aromatic N) is 3. The molecule has 0 aliphatic carbocycles. The number of hydrogen-bond acceptors (Lipinski definition) is 6. The lowest BCUT2D eigenvalue weighted by molar-refractivity contribution is 0.280. The van der Waals surface area contributed by atoms with E-state index in [1.165, 1.54) is 6.20 Å². The van der Waals surface area contributed by atoms with Gasteiger partial charge in [0, 0.05) is 24.8 Å². The Hall–Kier alpha value is -1.86. The molecule has 17 heavy (non-hydrogen) atoms. The molecule has 0 spiro atoms. The van der Waals surface area contributed by atoms with E-state index in [9.17, 15) is 0 Å². The molecule has 1 aromatic heterocycles. The quantitative estimate of drug-likeness (QED) is 0.219. The van der Waals surface area contributed by atoms with Gasteiger partial charge in [-0.15, -0.1) is 0 Å². The highest BCUT2D eigenvalue weighted by Crippen LogP contribution is 2.10. The van der Waals surface area contributed by atoms with Crippen LogP contribution in [0.5, 0.6) is 0 Å². The standard InChI is InChI=1S/C10H16N4O3/c11-10(13-17)8-1-2-9(12-7-8)14(3-5-15)4-6-16/h1-2,7,15-17H,3-6H2,(H2,11,13). The summed E-state index contributed by atoms with van der Waals surface area (Å²) < 4.78 is 0. The Labute approximate surface area is 98.8 Å². The second-order valence-corrected chi connectivity index (χ2v) is 3.32. The van der Waals surface area contributed by atoms with Crippen LogP contribution in [0.15, 0.2) is 23.5 Å². The topological polar surface area (TPSA) is 115 Å². The number of oxime groups is 1. The van der Waals surface area contributed by atoms with Gasteiger partial charge in [0.2, 0.25) is 0 Å². The van der Waals surface area contributed by atoms with Crippen LogP contribution in [0.25, 0.3) is 0 Å². The second kappa shape index (κ2) is 6.66. The molecule has 0 bridgehead atoms. The van der Waals surface area contributed by atoms with Crippen molar-refractivity contribution in [1.82, 2.24) is 4.98 Å². The van der Waals surface area contributed by atoms with E-state index < -0.39 is 0 Å². The first-order chi connectivity index (χ1) is 8.22. The molecule has 5 N–H and O–H groups in total. The average molecular weight is 240 g/mol. The first-order valence-corrected chi connectivity index (χ1v) is 5.13. The monoisotopic (exact) mass is 240 g/mol. The highest BCUT2D eigenvalue weighted by atomic mass is 16.4. The normalized spacial score (nSPS) is 11.5. The fourth-order valence-electron chi connectivity index (χ4n) is 1.36. The molecule has 0 radical (unpaired) electrons. The van der Waals surface area contributed by atoms with Crippen LogP contribution in [0.3, 0.4) is 0 Å². The van der Waals surface area contributed by atoms with Crippen LogP contribution in [0.2, 0.25) is 0 Å². The third-order valence-corrected chi connectivity index (χ3v) is 2.22. The van der Waals surface area contributed by atoms with Crippen LogP contribution < -0.4 is 10.6 Å². The van der Waals surface area contributed by atoms with Crippen LogP contribution in [0.4, 0.5) is 5.82 Å². The van der Waals surface area contributed by atoms with E-state index >= 15 is 0 Å². The van der Waals surface area contributed by atoms with Crippen LogP contribution in [-0.2, 0) is 0 Å². The summed E-state index contributed by atoms with van der Waals surface area (Å²) in [5, 5.41) is 29.1. The van der Waals surface area contributed by atoms with Crippen molar-refractivity contribution in [2.24, 2.45) is 10.9 Å². The molecule has 0 saturated carbocycles. The Bertz CT molecular complexity index is 360. The fourth-order valence-corrected chi connectivity index (χ4v) is 1.36. The van der Waals surface area contributed by atoms with Gasteiger partial charge in [0.25, 0.3) is 0 Å². The van der Waals surface area contributed by atoms with Crippen LogP contribution >= 0.6 is 0 Å². The summed E-state index contributed by atoms with van der Waals surface area (Å²) in [6.07, 6.45) is 1.46. The minimum atomic E-state index is -0.0241. The maximum Gasteiger partial charge on any atom is 0.171 e. The highest BCUT2D eigenvalue weighted by molar-refractivity contribution is 5.96. The zero-order valence-corrected chi connectivity index (χ0v) is 9.32. The summed E-state index contributed by atoms with van der Waals surface area (Å²) in [5.74, 6) is 0.600. The van der Waals surface area contributed by atoms with Gasteiger partial charge < -0.3 is 26.1 Å². The SMILES string of the molecule is N/C(=N/O)c1ccc(N(CCO)CCO)nc1. The van der Waals surface area contributed by atoms with E-state index in [0.29, 0.717) is 24.5 Å². The first kappa shape index (κ1) is 13.2. The average Bonchev–Trinajstić information content (AvgIpc) is 2.38. The third kappa shape index (κ3) is 3.58.